The summed E-state index contributed by atoms with van der Waals surface area (Å²) in [5.74, 6) is -1.21. The number of ether oxygens (including phenoxy) is 1. The van der Waals surface area contributed by atoms with E-state index in [-0.39, 0.29) is 17.2 Å². The Labute approximate surface area is 162 Å². The standard InChI is InChI=1S/C15H14N4O5S3/c20-12(17-10-3-1-4-11-15(10)19-26-18-11)9-24-13(21)6-7-16-27(22,23)14-5-2-8-25-14/h1-5,8,16H,6-7,9H2,(H,17,20). The fourth-order valence-corrected chi connectivity index (χ4v) is 4.71. The number of nitrogens with one attached hydrogen (secondary N) is 2. The third-order valence-electron chi connectivity index (χ3n) is 3.31. The molecule has 3 aromatic rings. The molecule has 0 saturated carbocycles. The van der Waals surface area contributed by atoms with Gasteiger partial charge in [0.15, 0.2) is 6.61 Å². The second-order valence-corrected chi connectivity index (χ2v) is 8.70. The summed E-state index contributed by atoms with van der Waals surface area (Å²) in [5.41, 5.74) is 1.70. The molecule has 142 valence electrons. The highest BCUT2D eigenvalue weighted by Gasteiger charge is 2.16. The van der Waals surface area contributed by atoms with Crippen molar-refractivity contribution >= 4 is 61.7 Å². The van der Waals surface area contributed by atoms with Gasteiger partial charge in [0, 0.05) is 6.54 Å². The summed E-state index contributed by atoms with van der Waals surface area (Å²) >= 11 is 2.11. The number of anilines is 1. The Morgan fingerprint density at radius 1 is 1.15 bits per heavy atom. The highest BCUT2D eigenvalue weighted by molar-refractivity contribution is 7.91. The van der Waals surface area contributed by atoms with Gasteiger partial charge in [0.1, 0.15) is 15.2 Å². The van der Waals surface area contributed by atoms with Gasteiger partial charge in [-0.2, -0.15) is 8.75 Å². The van der Waals surface area contributed by atoms with Gasteiger partial charge in [0.2, 0.25) is 10.0 Å². The van der Waals surface area contributed by atoms with E-state index in [0.717, 1.165) is 23.1 Å². The second kappa shape index (κ2) is 8.52. The summed E-state index contributed by atoms with van der Waals surface area (Å²) in [7, 11) is -3.63. The van der Waals surface area contributed by atoms with Gasteiger partial charge < -0.3 is 10.1 Å². The Morgan fingerprint density at radius 2 is 2.00 bits per heavy atom. The lowest BCUT2D eigenvalue weighted by Crippen LogP contribution is -2.27. The van der Waals surface area contributed by atoms with Crippen molar-refractivity contribution in [3.05, 3.63) is 35.7 Å². The Kier molecular flexibility index (Phi) is 6.11. The van der Waals surface area contributed by atoms with Gasteiger partial charge in [-0.05, 0) is 23.6 Å². The van der Waals surface area contributed by atoms with E-state index in [2.05, 4.69) is 18.8 Å². The molecule has 0 aliphatic rings. The van der Waals surface area contributed by atoms with Gasteiger partial charge >= 0.3 is 5.97 Å². The first kappa shape index (κ1) is 19.4. The summed E-state index contributed by atoms with van der Waals surface area (Å²) in [6.07, 6.45) is -0.191. The van der Waals surface area contributed by atoms with Gasteiger partial charge in [-0.25, -0.2) is 13.1 Å². The van der Waals surface area contributed by atoms with E-state index in [1.54, 1.807) is 29.6 Å². The molecule has 0 atom stereocenters. The first-order chi connectivity index (χ1) is 13.0. The molecule has 0 fully saturated rings. The third kappa shape index (κ3) is 5.07. The lowest BCUT2D eigenvalue weighted by molar-refractivity contribution is -0.147. The smallest absolute Gasteiger partial charge is 0.307 e. The summed E-state index contributed by atoms with van der Waals surface area (Å²) in [4.78, 5) is 23.6. The van der Waals surface area contributed by atoms with Crippen molar-refractivity contribution in [3.8, 4) is 0 Å². The van der Waals surface area contributed by atoms with Crippen molar-refractivity contribution in [2.45, 2.75) is 10.6 Å². The normalized spacial score (nSPS) is 11.4. The molecule has 0 saturated heterocycles. The van der Waals surface area contributed by atoms with Gasteiger partial charge in [0.05, 0.1) is 23.8 Å². The van der Waals surface area contributed by atoms with E-state index in [4.69, 9.17) is 4.74 Å². The first-order valence-corrected chi connectivity index (χ1v) is 10.7. The maximum Gasteiger partial charge on any atom is 0.307 e. The highest BCUT2D eigenvalue weighted by atomic mass is 32.2. The molecule has 0 aliphatic carbocycles. The number of thiophene rings is 1. The van der Waals surface area contributed by atoms with Crippen LogP contribution >= 0.6 is 23.1 Å². The second-order valence-electron chi connectivity index (χ2n) is 5.23. The minimum absolute atomic E-state index is 0.121. The number of rotatable bonds is 8. The van der Waals surface area contributed by atoms with Crippen LogP contribution in [0.1, 0.15) is 6.42 Å². The number of carbonyl (C=O) groups is 2. The molecule has 9 nitrogen and oxygen atoms in total. The molecule has 12 heteroatoms. The Morgan fingerprint density at radius 3 is 2.78 bits per heavy atom. The third-order valence-corrected chi connectivity index (χ3v) is 6.71. The molecule has 0 aliphatic heterocycles. The largest absolute Gasteiger partial charge is 0.456 e. The Balaban J connectivity index is 1.42. The number of fused-ring (bicyclic) bond motifs is 1. The lowest BCUT2D eigenvalue weighted by atomic mass is 10.2. The van der Waals surface area contributed by atoms with Crippen LogP contribution in [-0.2, 0) is 24.3 Å². The van der Waals surface area contributed by atoms with Crippen LogP contribution in [0.4, 0.5) is 5.69 Å². The molecule has 3 rings (SSSR count). The fraction of sp³-hybridized carbons (Fsp3) is 0.200. The van der Waals surface area contributed by atoms with E-state index >= 15 is 0 Å². The summed E-state index contributed by atoms with van der Waals surface area (Å²) in [5, 5.41) is 4.25. The predicted octanol–water partition coefficient (Wildman–Crippen LogP) is 1.60. The number of carbonyl (C=O) groups excluding carboxylic acids is 2. The molecule has 1 amide bonds. The number of aromatic nitrogens is 2. The average Bonchev–Trinajstić information content (AvgIpc) is 3.32. The molecule has 0 radical (unpaired) electrons. The molecule has 0 bridgehead atoms. The molecule has 2 N–H and O–H groups in total. The monoisotopic (exact) mass is 426 g/mol. The van der Waals surface area contributed by atoms with Gasteiger partial charge in [-0.1, -0.05) is 12.1 Å². The molecular weight excluding hydrogens is 412 g/mol. The van der Waals surface area contributed by atoms with Gasteiger partial charge in [-0.15, -0.1) is 11.3 Å². The number of nitrogens with zero attached hydrogens (tertiary/aromatic N) is 2. The summed E-state index contributed by atoms with van der Waals surface area (Å²) in [6, 6.07) is 8.25. The molecule has 0 unspecified atom stereocenters. The van der Waals surface area contributed by atoms with Gasteiger partial charge in [0.25, 0.3) is 5.91 Å². The fourth-order valence-electron chi connectivity index (χ4n) is 2.09. The van der Waals surface area contributed by atoms with Gasteiger partial charge in [-0.3, -0.25) is 9.59 Å². The first-order valence-electron chi connectivity index (χ1n) is 7.65. The van der Waals surface area contributed by atoms with Crippen molar-refractivity contribution in [2.24, 2.45) is 0 Å². The van der Waals surface area contributed by atoms with Crippen molar-refractivity contribution < 1.29 is 22.7 Å². The number of sulfonamides is 1. The minimum atomic E-state index is -3.63. The zero-order valence-corrected chi connectivity index (χ0v) is 16.2. The van der Waals surface area contributed by atoms with Crippen LogP contribution in [0.3, 0.4) is 0 Å². The van der Waals surface area contributed by atoms with Crippen molar-refractivity contribution in [3.63, 3.8) is 0 Å². The van der Waals surface area contributed by atoms with E-state index in [0.29, 0.717) is 16.7 Å². The summed E-state index contributed by atoms with van der Waals surface area (Å²) in [6.45, 7) is -0.602. The van der Waals surface area contributed by atoms with E-state index in [9.17, 15) is 18.0 Å². The maximum absolute atomic E-state index is 11.9. The van der Waals surface area contributed by atoms with Crippen LogP contribution < -0.4 is 10.0 Å². The van der Waals surface area contributed by atoms with Crippen LogP contribution in [0.15, 0.2) is 39.9 Å². The van der Waals surface area contributed by atoms with Crippen LogP contribution in [-0.4, -0.2) is 42.2 Å². The van der Waals surface area contributed by atoms with Crippen LogP contribution in [0.2, 0.25) is 0 Å². The molecule has 27 heavy (non-hydrogen) atoms. The highest BCUT2D eigenvalue weighted by Crippen LogP contribution is 2.21. The predicted molar refractivity (Wildman–Crippen MR) is 101 cm³/mol. The Hall–Kier alpha value is -2.41. The lowest BCUT2D eigenvalue weighted by Gasteiger charge is -2.07. The van der Waals surface area contributed by atoms with Crippen LogP contribution in [0, 0.1) is 0 Å². The molecule has 2 heterocycles. The van der Waals surface area contributed by atoms with E-state index in [1.165, 1.54) is 6.07 Å². The zero-order chi connectivity index (χ0) is 19.3. The maximum atomic E-state index is 11.9. The minimum Gasteiger partial charge on any atom is -0.456 e. The topological polar surface area (TPSA) is 127 Å². The SMILES string of the molecule is O=C(COC(=O)CCNS(=O)(=O)c1cccs1)Nc1cccc2nsnc12. The molecule has 1 aromatic carbocycles. The van der Waals surface area contributed by atoms with Crippen LogP contribution in [0.25, 0.3) is 11.0 Å². The van der Waals surface area contributed by atoms with E-state index < -0.39 is 28.5 Å². The van der Waals surface area contributed by atoms with E-state index in [1.807, 2.05) is 0 Å². The van der Waals surface area contributed by atoms with Crippen molar-refractivity contribution in [1.29, 1.82) is 0 Å². The average molecular weight is 427 g/mol. The van der Waals surface area contributed by atoms with Crippen molar-refractivity contribution in [2.75, 3.05) is 18.5 Å². The quantitative estimate of drug-likeness (QED) is 0.524. The number of esters is 1. The summed E-state index contributed by atoms with van der Waals surface area (Å²) < 4.78 is 39.3. The number of hydrogen-bond acceptors (Lipinski definition) is 9. The van der Waals surface area contributed by atoms with Crippen molar-refractivity contribution in [1.82, 2.24) is 13.5 Å². The zero-order valence-electron chi connectivity index (χ0n) is 13.7. The molecule has 2 aromatic heterocycles. The number of benzene rings is 1. The molecular formula is C15H14N4O5S3. The number of hydrogen-bond donors (Lipinski definition) is 2. The van der Waals surface area contributed by atoms with Crippen LogP contribution in [0.5, 0.6) is 0 Å². The number of amides is 1. The Bertz CT molecular complexity index is 1050. The molecule has 0 spiro atoms.